The van der Waals surface area contributed by atoms with Crippen molar-refractivity contribution in [2.75, 3.05) is 25.1 Å². The number of carbonyl (C=O) groups is 1. The van der Waals surface area contributed by atoms with Gasteiger partial charge in [-0.05, 0) is 20.3 Å². The number of anilines is 1. The van der Waals surface area contributed by atoms with Crippen molar-refractivity contribution in [3.05, 3.63) is 17.7 Å². The van der Waals surface area contributed by atoms with Crippen molar-refractivity contribution in [1.82, 2.24) is 15.3 Å². The quantitative estimate of drug-likeness (QED) is 0.867. The first kappa shape index (κ1) is 15.7. The predicted molar refractivity (Wildman–Crippen MR) is 81.6 cm³/mol. The van der Waals surface area contributed by atoms with Crippen molar-refractivity contribution in [2.24, 2.45) is 0 Å². The molecule has 2 rings (SSSR count). The molecule has 1 fully saturated rings. The second-order valence-electron chi connectivity index (χ2n) is 5.99. The van der Waals surface area contributed by atoms with E-state index in [-0.39, 0.29) is 17.4 Å². The lowest BCUT2D eigenvalue weighted by molar-refractivity contribution is 0.0885. The lowest BCUT2D eigenvalue weighted by Gasteiger charge is -2.24. The third kappa shape index (κ3) is 3.69. The number of carbonyl (C=O) groups excluding carboxylic acids is 1. The van der Waals surface area contributed by atoms with E-state index in [0.717, 1.165) is 6.42 Å². The zero-order valence-corrected chi connectivity index (χ0v) is 13.2. The van der Waals surface area contributed by atoms with Gasteiger partial charge in [-0.1, -0.05) is 13.8 Å². The molecule has 0 bridgehead atoms. The average Bonchev–Trinajstić information content (AvgIpc) is 2.85. The molecule has 1 atom stereocenters. The highest BCUT2D eigenvalue weighted by molar-refractivity contribution is 5.97. The van der Waals surface area contributed by atoms with Gasteiger partial charge < -0.3 is 15.4 Å². The largest absolute Gasteiger partial charge is 0.382 e. The van der Waals surface area contributed by atoms with Gasteiger partial charge in [0.15, 0.2) is 5.69 Å². The van der Waals surface area contributed by atoms with Crippen molar-refractivity contribution >= 4 is 11.6 Å². The normalized spacial score (nSPS) is 21.6. The Morgan fingerprint density at radius 2 is 2.29 bits per heavy atom. The molecule has 0 aliphatic carbocycles. The van der Waals surface area contributed by atoms with Gasteiger partial charge in [0.1, 0.15) is 5.82 Å². The zero-order valence-electron chi connectivity index (χ0n) is 13.2. The summed E-state index contributed by atoms with van der Waals surface area (Å²) >= 11 is 0. The maximum Gasteiger partial charge on any atom is 0.272 e. The topological polar surface area (TPSA) is 76.1 Å². The Balaban J connectivity index is 2.26. The summed E-state index contributed by atoms with van der Waals surface area (Å²) in [5.74, 6) is 0.676. The first-order valence-corrected chi connectivity index (χ1v) is 7.46. The Morgan fingerprint density at radius 1 is 1.52 bits per heavy atom. The van der Waals surface area contributed by atoms with Crippen molar-refractivity contribution < 1.29 is 9.53 Å². The van der Waals surface area contributed by atoms with E-state index in [0.29, 0.717) is 37.0 Å². The van der Waals surface area contributed by atoms with E-state index in [2.05, 4.69) is 20.6 Å². The summed E-state index contributed by atoms with van der Waals surface area (Å²) in [4.78, 5) is 21.3. The van der Waals surface area contributed by atoms with E-state index in [9.17, 15) is 4.79 Å². The molecule has 21 heavy (non-hydrogen) atoms. The Bertz CT molecular complexity index is 510. The second kappa shape index (κ2) is 6.39. The molecule has 0 radical (unpaired) electrons. The van der Waals surface area contributed by atoms with E-state index in [1.165, 1.54) is 0 Å². The molecule has 0 spiro atoms. The van der Waals surface area contributed by atoms with E-state index < -0.39 is 0 Å². The van der Waals surface area contributed by atoms with Crippen LogP contribution in [0.1, 0.15) is 56.3 Å². The van der Waals surface area contributed by atoms with Crippen LogP contribution in [0.15, 0.2) is 6.20 Å². The van der Waals surface area contributed by atoms with Crippen LogP contribution in [0.3, 0.4) is 0 Å². The Kier molecular flexibility index (Phi) is 4.77. The van der Waals surface area contributed by atoms with Crippen LogP contribution in [0.4, 0.5) is 5.69 Å². The second-order valence-corrected chi connectivity index (χ2v) is 5.99. The van der Waals surface area contributed by atoms with Gasteiger partial charge in [0.05, 0.1) is 24.0 Å². The fraction of sp³-hybridized carbons (Fsp3) is 0.667. The van der Waals surface area contributed by atoms with Crippen LogP contribution in [-0.2, 0) is 4.74 Å². The summed E-state index contributed by atoms with van der Waals surface area (Å²) in [6, 6.07) is 0. The van der Waals surface area contributed by atoms with Crippen LogP contribution < -0.4 is 10.6 Å². The van der Waals surface area contributed by atoms with Gasteiger partial charge in [0, 0.05) is 19.1 Å². The zero-order chi connectivity index (χ0) is 15.5. The molecule has 0 saturated carbocycles. The number of hydrogen-bond acceptors (Lipinski definition) is 5. The van der Waals surface area contributed by atoms with Crippen molar-refractivity contribution in [2.45, 2.75) is 45.6 Å². The van der Waals surface area contributed by atoms with Gasteiger partial charge in [-0.25, -0.2) is 9.97 Å². The molecular formula is C15H24N4O2. The van der Waals surface area contributed by atoms with Crippen molar-refractivity contribution in [3.63, 3.8) is 0 Å². The number of aromatic nitrogens is 2. The summed E-state index contributed by atoms with van der Waals surface area (Å²) < 4.78 is 5.37. The molecule has 1 aromatic rings. The van der Waals surface area contributed by atoms with Crippen LogP contribution in [0.5, 0.6) is 0 Å². The fourth-order valence-corrected chi connectivity index (χ4v) is 2.27. The number of nitrogens with zero attached hydrogens (tertiary/aromatic N) is 2. The van der Waals surface area contributed by atoms with E-state index in [1.54, 1.807) is 6.20 Å². The molecule has 1 amide bonds. The van der Waals surface area contributed by atoms with Crippen LogP contribution in [0.25, 0.3) is 0 Å². The molecule has 0 aromatic carbocycles. The lowest BCUT2D eigenvalue weighted by atomic mass is 10.0. The van der Waals surface area contributed by atoms with Gasteiger partial charge >= 0.3 is 0 Å². The number of hydrogen-bond donors (Lipinski definition) is 2. The van der Waals surface area contributed by atoms with Gasteiger partial charge in [-0.15, -0.1) is 0 Å². The SMILES string of the molecule is CCNc1cnc(C(C)C)nc1C(=O)NC1(C)CCOC1. The lowest BCUT2D eigenvalue weighted by Crippen LogP contribution is -2.46. The van der Waals surface area contributed by atoms with Crippen LogP contribution in [0.2, 0.25) is 0 Å². The predicted octanol–water partition coefficient (Wildman–Crippen LogP) is 1.94. The third-order valence-electron chi connectivity index (χ3n) is 3.54. The number of ether oxygens (including phenoxy) is 1. The Hall–Kier alpha value is -1.69. The standard InChI is InChI=1S/C15H24N4O2/c1-5-16-11-8-17-13(10(2)3)18-12(11)14(20)19-15(4)6-7-21-9-15/h8,10,16H,5-7,9H2,1-4H3,(H,19,20). The summed E-state index contributed by atoms with van der Waals surface area (Å²) in [5.41, 5.74) is 0.759. The van der Waals surface area contributed by atoms with Gasteiger partial charge in [0.2, 0.25) is 0 Å². The monoisotopic (exact) mass is 292 g/mol. The number of amides is 1. The average molecular weight is 292 g/mol. The van der Waals surface area contributed by atoms with Crippen LogP contribution in [0, 0.1) is 0 Å². The molecule has 2 N–H and O–H groups in total. The first-order valence-electron chi connectivity index (χ1n) is 7.46. The fourth-order valence-electron chi connectivity index (χ4n) is 2.27. The molecular weight excluding hydrogens is 268 g/mol. The highest BCUT2D eigenvalue weighted by Gasteiger charge is 2.32. The van der Waals surface area contributed by atoms with Gasteiger partial charge in [-0.2, -0.15) is 0 Å². The Labute approximate surface area is 125 Å². The highest BCUT2D eigenvalue weighted by atomic mass is 16.5. The Morgan fingerprint density at radius 3 is 2.86 bits per heavy atom. The summed E-state index contributed by atoms with van der Waals surface area (Å²) in [6.45, 7) is 9.92. The minimum absolute atomic E-state index is 0.178. The maximum atomic E-state index is 12.6. The smallest absolute Gasteiger partial charge is 0.272 e. The molecule has 6 heteroatoms. The highest BCUT2D eigenvalue weighted by Crippen LogP contribution is 2.21. The minimum Gasteiger partial charge on any atom is -0.382 e. The van der Waals surface area contributed by atoms with Crippen molar-refractivity contribution in [3.8, 4) is 0 Å². The van der Waals surface area contributed by atoms with Crippen molar-refractivity contribution in [1.29, 1.82) is 0 Å². The van der Waals surface area contributed by atoms with Gasteiger partial charge in [0.25, 0.3) is 5.91 Å². The maximum absolute atomic E-state index is 12.6. The third-order valence-corrected chi connectivity index (χ3v) is 3.54. The van der Waals surface area contributed by atoms with E-state index >= 15 is 0 Å². The first-order chi connectivity index (χ1) is 9.95. The van der Waals surface area contributed by atoms with E-state index in [1.807, 2.05) is 27.7 Å². The molecule has 1 unspecified atom stereocenters. The van der Waals surface area contributed by atoms with Crippen LogP contribution in [-0.4, -0.2) is 41.2 Å². The minimum atomic E-state index is -0.316. The molecule has 6 nitrogen and oxygen atoms in total. The molecule has 1 aliphatic heterocycles. The van der Waals surface area contributed by atoms with Crippen LogP contribution >= 0.6 is 0 Å². The molecule has 116 valence electrons. The number of rotatable bonds is 5. The van der Waals surface area contributed by atoms with Gasteiger partial charge in [-0.3, -0.25) is 4.79 Å². The van der Waals surface area contributed by atoms with E-state index in [4.69, 9.17) is 4.74 Å². The summed E-state index contributed by atoms with van der Waals surface area (Å²) in [6.07, 6.45) is 2.51. The molecule has 2 heterocycles. The molecule has 1 saturated heterocycles. The molecule has 1 aliphatic rings. The summed E-state index contributed by atoms with van der Waals surface area (Å²) in [5, 5.41) is 6.19. The molecule has 1 aromatic heterocycles. The number of nitrogens with one attached hydrogen (secondary N) is 2. The summed E-state index contributed by atoms with van der Waals surface area (Å²) in [7, 11) is 0.